The molecule has 2 N–H and O–H groups in total. The van der Waals surface area contributed by atoms with E-state index in [2.05, 4.69) is 40.2 Å². The zero-order valence-electron chi connectivity index (χ0n) is 11.9. The van der Waals surface area contributed by atoms with Gasteiger partial charge in [-0.2, -0.15) is 0 Å². The van der Waals surface area contributed by atoms with E-state index in [9.17, 15) is 0 Å². The number of nitrogens with two attached hydrogens (primary N) is 1. The maximum Gasteiger partial charge on any atom is 0.110 e. The van der Waals surface area contributed by atoms with Gasteiger partial charge in [-0.15, -0.1) is 11.3 Å². The van der Waals surface area contributed by atoms with Gasteiger partial charge in [0.25, 0.3) is 0 Å². The molecule has 2 heterocycles. The number of thiazole rings is 1. The Morgan fingerprint density at radius 3 is 2.90 bits per heavy atom. The molecular weight excluding hydrogens is 266 g/mol. The average molecular weight is 287 g/mol. The molecule has 0 amide bonds. The third kappa shape index (κ3) is 3.08. The van der Waals surface area contributed by atoms with Crippen LogP contribution in [0.3, 0.4) is 0 Å². The molecule has 0 aliphatic carbocycles. The van der Waals surface area contributed by atoms with Gasteiger partial charge in [-0.1, -0.05) is 30.3 Å². The second-order valence-electron chi connectivity index (χ2n) is 5.47. The number of aromatic nitrogens is 1. The Balaban J connectivity index is 1.61. The van der Waals surface area contributed by atoms with Gasteiger partial charge in [-0.05, 0) is 18.9 Å². The predicted octanol–water partition coefficient (Wildman–Crippen LogP) is 2.76. The highest BCUT2D eigenvalue weighted by atomic mass is 32.1. The number of fused-ring (bicyclic) bond motifs is 1. The first-order valence-electron chi connectivity index (χ1n) is 7.22. The van der Waals surface area contributed by atoms with Crippen molar-refractivity contribution in [2.45, 2.75) is 32.4 Å². The van der Waals surface area contributed by atoms with E-state index >= 15 is 0 Å². The summed E-state index contributed by atoms with van der Waals surface area (Å²) in [5, 5.41) is 1.08. The van der Waals surface area contributed by atoms with E-state index in [1.807, 2.05) is 6.92 Å². The van der Waals surface area contributed by atoms with Crippen LogP contribution in [-0.4, -0.2) is 23.0 Å². The first kappa shape index (κ1) is 13.7. The molecule has 0 spiro atoms. The van der Waals surface area contributed by atoms with E-state index in [0.29, 0.717) is 0 Å². The van der Waals surface area contributed by atoms with Crippen molar-refractivity contribution >= 4 is 11.3 Å². The molecule has 0 fully saturated rings. The van der Waals surface area contributed by atoms with Crippen LogP contribution in [0.5, 0.6) is 0 Å². The van der Waals surface area contributed by atoms with Gasteiger partial charge in [-0.25, -0.2) is 4.98 Å². The molecule has 4 heteroatoms. The molecule has 1 aromatic carbocycles. The molecule has 3 nitrogen and oxygen atoms in total. The highest BCUT2D eigenvalue weighted by Gasteiger charge is 2.21. The van der Waals surface area contributed by atoms with E-state index in [1.165, 1.54) is 16.1 Å². The lowest BCUT2D eigenvalue weighted by atomic mass is 10.1. The van der Waals surface area contributed by atoms with Gasteiger partial charge in [0.15, 0.2) is 0 Å². The largest absolute Gasteiger partial charge is 0.322 e. The van der Waals surface area contributed by atoms with E-state index in [-0.39, 0.29) is 6.04 Å². The molecule has 1 unspecified atom stereocenters. The quantitative estimate of drug-likeness (QED) is 0.940. The Kier molecular flexibility index (Phi) is 4.15. The molecule has 20 heavy (non-hydrogen) atoms. The molecule has 1 aromatic heterocycles. The van der Waals surface area contributed by atoms with Crippen molar-refractivity contribution in [2.24, 2.45) is 5.73 Å². The molecule has 3 rings (SSSR count). The molecule has 1 aliphatic heterocycles. The summed E-state index contributed by atoms with van der Waals surface area (Å²) in [6.07, 6.45) is 2.18. The highest BCUT2D eigenvalue weighted by Crippen LogP contribution is 2.27. The van der Waals surface area contributed by atoms with Crippen molar-refractivity contribution in [3.63, 3.8) is 0 Å². The summed E-state index contributed by atoms with van der Waals surface area (Å²) < 4.78 is 0. The number of benzene rings is 1. The Hall–Kier alpha value is -1.23. The summed E-state index contributed by atoms with van der Waals surface area (Å²) in [4.78, 5) is 8.61. The molecule has 2 aromatic rings. The fourth-order valence-electron chi connectivity index (χ4n) is 2.59. The minimum atomic E-state index is 0.0587. The first-order valence-corrected chi connectivity index (χ1v) is 8.04. The maximum atomic E-state index is 5.93. The van der Waals surface area contributed by atoms with Gasteiger partial charge in [-0.3, -0.25) is 4.90 Å². The molecule has 0 radical (unpaired) electrons. The van der Waals surface area contributed by atoms with Crippen molar-refractivity contribution < 1.29 is 0 Å². The van der Waals surface area contributed by atoms with Gasteiger partial charge in [0.2, 0.25) is 0 Å². The Bertz CT molecular complexity index is 562. The number of rotatable bonds is 4. The zero-order valence-corrected chi connectivity index (χ0v) is 12.7. The molecular formula is C16H21N3S. The zero-order chi connectivity index (χ0) is 13.9. The summed E-state index contributed by atoms with van der Waals surface area (Å²) in [5.74, 6) is 0. The van der Waals surface area contributed by atoms with Crippen LogP contribution in [-0.2, 0) is 19.4 Å². The molecule has 1 aliphatic rings. The topological polar surface area (TPSA) is 42.1 Å². The third-order valence-corrected chi connectivity index (χ3v) is 5.06. The standard InChI is InChI=1S/C16H21N3S/c1-12(17)16-18-14-8-10-19(11-15(14)20-16)9-7-13-5-3-2-4-6-13/h2-6,12H,7-11,17H2,1H3. The van der Waals surface area contributed by atoms with Crippen LogP contribution in [0.1, 0.15) is 34.1 Å². The maximum absolute atomic E-state index is 5.93. The first-order chi connectivity index (χ1) is 9.72. The van der Waals surface area contributed by atoms with Crippen LogP contribution >= 0.6 is 11.3 Å². The van der Waals surface area contributed by atoms with Gasteiger partial charge in [0.05, 0.1) is 11.7 Å². The fraction of sp³-hybridized carbons (Fsp3) is 0.438. The second-order valence-corrected chi connectivity index (χ2v) is 6.59. The third-order valence-electron chi connectivity index (χ3n) is 3.78. The van der Waals surface area contributed by atoms with Crippen molar-refractivity contribution in [2.75, 3.05) is 13.1 Å². The van der Waals surface area contributed by atoms with E-state index in [0.717, 1.165) is 37.5 Å². The lowest BCUT2D eigenvalue weighted by molar-refractivity contribution is 0.259. The fourth-order valence-corrected chi connectivity index (χ4v) is 3.69. The molecule has 0 saturated heterocycles. The summed E-state index contributed by atoms with van der Waals surface area (Å²) in [5.41, 5.74) is 8.62. The van der Waals surface area contributed by atoms with Crippen LogP contribution in [0.4, 0.5) is 0 Å². The van der Waals surface area contributed by atoms with Crippen LogP contribution in [0.2, 0.25) is 0 Å². The summed E-state index contributed by atoms with van der Waals surface area (Å²) in [7, 11) is 0. The summed E-state index contributed by atoms with van der Waals surface area (Å²) >= 11 is 1.79. The SMILES string of the molecule is CC(N)c1nc2c(s1)CN(CCc1ccccc1)CC2. The molecule has 1 atom stereocenters. The predicted molar refractivity (Wildman–Crippen MR) is 83.8 cm³/mol. The van der Waals surface area contributed by atoms with Crippen LogP contribution in [0, 0.1) is 0 Å². The van der Waals surface area contributed by atoms with Gasteiger partial charge < -0.3 is 5.73 Å². The van der Waals surface area contributed by atoms with Gasteiger partial charge in [0.1, 0.15) is 5.01 Å². The number of nitrogens with zero attached hydrogens (tertiary/aromatic N) is 2. The van der Waals surface area contributed by atoms with Crippen molar-refractivity contribution in [1.82, 2.24) is 9.88 Å². The minimum Gasteiger partial charge on any atom is -0.322 e. The van der Waals surface area contributed by atoms with Gasteiger partial charge in [0, 0.05) is 30.9 Å². The number of hydrogen-bond donors (Lipinski definition) is 1. The molecule has 106 valence electrons. The lowest BCUT2D eigenvalue weighted by Crippen LogP contribution is -2.31. The lowest BCUT2D eigenvalue weighted by Gasteiger charge is -2.25. The van der Waals surface area contributed by atoms with E-state index in [1.54, 1.807) is 11.3 Å². The highest BCUT2D eigenvalue weighted by molar-refractivity contribution is 7.11. The summed E-state index contributed by atoms with van der Waals surface area (Å²) in [6.45, 7) is 5.28. The average Bonchev–Trinajstić information content (AvgIpc) is 2.89. The van der Waals surface area contributed by atoms with E-state index in [4.69, 9.17) is 5.73 Å². The monoisotopic (exact) mass is 287 g/mol. The van der Waals surface area contributed by atoms with Crippen molar-refractivity contribution in [3.05, 3.63) is 51.5 Å². The Morgan fingerprint density at radius 1 is 1.35 bits per heavy atom. The Morgan fingerprint density at radius 2 is 2.15 bits per heavy atom. The number of hydrogen-bond acceptors (Lipinski definition) is 4. The summed E-state index contributed by atoms with van der Waals surface area (Å²) in [6, 6.07) is 10.8. The van der Waals surface area contributed by atoms with Crippen LogP contribution < -0.4 is 5.73 Å². The van der Waals surface area contributed by atoms with Gasteiger partial charge >= 0.3 is 0 Å². The molecule has 0 bridgehead atoms. The van der Waals surface area contributed by atoms with Crippen molar-refractivity contribution in [3.8, 4) is 0 Å². The Labute approximate surface area is 124 Å². The van der Waals surface area contributed by atoms with Crippen molar-refractivity contribution in [1.29, 1.82) is 0 Å². The molecule has 0 saturated carbocycles. The van der Waals surface area contributed by atoms with Crippen LogP contribution in [0.15, 0.2) is 30.3 Å². The second kappa shape index (κ2) is 6.04. The normalized spacial score (nSPS) is 16.9. The van der Waals surface area contributed by atoms with Crippen LogP contribution in [0.25, 0.3) is 0 Å². The van der Waals surface area contributed by atoms with E-state index < -0.39 is 0 Å². The minimum absolute atomic E-state index is 0.0587. The smallest absolute Gasteiger partial charge is 0.110 e.